The van der Waals surface area contributed by atoms with Crippen LogP contribution in [0.15, 0.2) is 18.3 Å². The molecule has 5 heteroatoms. The van der Waals surface area contributed by atoms with E-state index in [1.54, 1.807) is 12.3 Å². The van der Waals surface area contributed by atoms with Crippen LogP contribution in [-0.2, 0) is 0 Å². The average Bonchev–Trinajstić information content (AvgIpc) is 2.05. The third-order valence-corrected chi connectivity index (χ3v) is 1.66. The lowest BCUT2D eigenvalue weighted by Gasteiger charge is -2.07. The van der Waals surface area contributed by atoms with Gasteiger partial charge in [0.2, 0.25) is 0 Å². The molecule has 0 radical (unpaired) electrons. The molecule has 1 aromatic rings. The lowest BCUT2D eigenvalue weighted by atomic mass is 10.1. The number of nitrogens with zero attached hydrogens (tertiary/aromatic N) is 1. The Labute approximate surface area is 82.5 Å². The quantitative estimate of drug-likeness (QED) is 0.715. The van der Waals surface area contributed by atoms with Gasteiger partial charge in [-0.15, -0.1) is 12.4 Å². The second-order valence-corrected chi connectivity index (χ2v) is 2.64. The first kappa shape index (κ1) is 11.6. The Morgan fingerprint density at radius 1 is 1.50 bits per heavy atom. The normalized spacial score (nSPS) is 11.9. The van der Waals surface area contributed by atoms with Gasteiger partial charge in [0.1, 0.15) is 5.15 Å². The van der Waals surface area contributed by atoms with E-state index < -0.39 is 0 Å². The predicted octanol–water partition coefficient (Wildman–Crippen LogP) is 1.12. The Kier molecular flexibility index (Phi) is 5.17. The van der Waals surface area contributed by atoms with Gasteiger partial charge in [-0.2, -0.15) is 0 Å². The molecule has 0 aliphatic heterocycles. The SMILES string of the molecule is Cl.NC[C@H](N)c1ccc(Cl)nc1. The first-order chi connectivity index (χ1) is 5.24. The van der Waals surface area contributed by atoms with Crippen LogP contribution >= 0.6 is 24.0 Å². The van der Waals surface area contributed by atoms with Crippen molar-refractivity contribution in [2.24, 2.45) is 11.5 Å². The molecule has 0 aliphatic carbocycles. The minimum absolute atomic E-state index is 0. The fourth-order valence-electron chi connectivity index (χ4n) is 0.743. The highest BCUT2D eigenvalue weighted by molar-refractivity contribution is 6.29. The molecule has 0 bridgehead atoms. The maximum atomic E-state index is 5.64. The van der Waals surface area contributed by atoms with Gasteiger partial charge >= 0.3 is 0 Å². The number of hydrogen-bond donors (Lipinski definition) is 2. The molecule has 12 heavy (non-hydrogen) atoms. The van der Waals surface area contributed by atoms with Crippen molar-refractivity contribution in [3.8, 4) is 0 Å². The summed E-state index contributed by atoms with van der Waals surface area (Å²) in [6.45, 7) is 0.420. The second-order valence-electron chi connectivity index (χ2n) is 2.26. The Hall–Kier alpha value is -0.350. The van der Waals surface area contributed by atoms with E-state index in [1.807, 2.05) is 6.07 Å². The summed E-state index contributed by atoms with van der Waals surface area (Å²) in [6, 6.07) is 3.39. The van der Waals surface area contributed by atoms with E-state index in [1.165, 1.54) is 0 Å². The molecule has 0 amide bonds. The van der Waals surface area contributed by atoms with E-state index in [9.17, 15) is 0 Å². The number of halogens is 2. The van der Waals surface area contributed by atoms with Gasteiger partial charge in [0.15, 0.2) is 0 Å². The van der Waals surface area contributed by atoms with Gasteiger partial charge in [-0.3, -0.25) is 0 Å². The fourth-order valence-corrected chi connectivity index (χ4v) is 0.854. The average molecular weight is 208 g/mol. The van der Waals surface area contributed by atoms with Crippen molar-refractivity contribution < 1.29 is 0 Å². The molecule has 0 spiro atoms. The number of pyridine rings is 1. The van der Waals surface area contributed by atoms with Crippen molar-refractivity contribution in [3.05, 3.63) is 29.0 Å². The summed E-state index contributed by atoms with van der Waals surface area (Å²) in [5, 5.41) is 0.470. The highest BCUT2D eigenvalue weighted by Gasteiger charge is 2.02. The van der Waals surface area contributed by atoms with Crippen LogP contribution in [0.1, 0.15) is 11.6 Å². The minimum Gasteiger partial charge on any atom is -0.329 e. The largest absolute Gasteiger partial charge is 0.329 e. The maximum Gasteiger partial charge on any atom is 0.129 e. The standard InChI is InChI=1S/C7H10ClN3.ClH/c8-7-2-1-5(4-11-7)6(10)3-9;/h1-2,4,6H,3,9-10H2;1H/t6-;/m0./s1. The summed E-state index contributed by atoms with van der Waals surface area (Å²) in [4.78, 5) is 3.88. The third-order valence-electron chi connectivity index (χ3n) is 1.43. The van der Waals surface area contributed by atoms with Gasteiger partial charge in [0, 0.05) is 18.8 Å². The Morgan fingerprint density at radius 3 is 2.58 bits per heavy atom. The van der Waals surface area contributed by atoms with Gasteiger partial charge in [0.25, 0.3) is 0 Å². The lowest BCUT2D eigenvalue weighted by molar-refractivity contribution is 0.733. The molecule has 68 valence electrons. The smallest absolute Gasteiger partial charge is 0.129 e. The van der Waals surface area contributed by atoms with E-state index in [0.717, 1.165) is 5.56 Å². The maximum absolute atomic E-state index is 5.64. The minimum atomic E-state index is -0.139. The second kappa shape index (κ2) is 5.32. The summed E-state index contributed by atoms with van der Waals surface area (Å²) in [5.41, 5.74) is 11.9. The zero-order chi connectivity index (χ0) is 8.27. The molecular formula is C7H11Cl2N3. The number of hydrogen-bond acceptors (Lipinski definition) is 3. The van der Waals surface area contributed by atoms with Crippen LogP contribution in [0.2, 0.25) is 5.15 Å². The van der Waals surface area contributed by atoms with E-state index in [-0.39, 0.29) is 18.4 Å². The molecular weight excluding hydrogens is 197 g/mol. The Bertz CT molecular complexity index is 225. The number of aromatic nitrogens is 1. The van der Waals surface area contributed by atoms with E-state index in [4.69, 9.17) is 23.1 Å². The van der Waals surface area contributed by atoms with Gasteiger partial charge in [-0.25, -0.2) is 4.98 Å². The molecule has 1 heterocycles. The van der Waals surface area contributed by atoms with Crippen LogP contribution in [-0.4, -0.2) is 11.5 Å². The Morgan fingerprint density at radius 2 is 2.17 bits per heavy atom. The van der Waals surface area contributed by atoms with Crippen molar-refractivity contribution in [1.82, 2.24) is 4.98 Å². The molecule has 1 atom stereocenters. The Balaban J connectivity index is 0.00000121. The molecule has 1 rings (SSSR count). The molecule has 0 saturated heterocycles. The van der Waals surface area contributed by atoms with E-state index >= 15 is 0 Å². The predicted molar refractivity (Wildman–Crippen MR) is 52.5 cm³/mol. The monoisotopic (exact) mass is 207 g/mol. The summed E-state index contributed by atoms with van der Waals surface area (Å²) in [7, 11) is 0. The first-order valence-corrected chi connectivity index (χ1v) is 3.69. The zero-order valence-corrected chi connectivity index (χ0v) is 7.98. The summed E-state index contributed by atoms with van der Waals surface area (Å²) in [5.74, 6) is 0. The molecule has 0 fully saturated rings. The van der Waals surface area contributed by atoms with Gasteiger partial charge < -0.3 is 11.5 Å². The van der Waals surface area contributed by atoms with Crippen LogP contribution in [0.4, 0.5) is 0 Å². The van der Waals surface area contributed by atoms with Gasteiger partial charge in [0.05, 0.1) is 0 Å². The zero-order valence-electron chi connectivity index (χ0n) is 6.40. The molecule has 3 nitrogen and oxygen atoms in total. The fraction of sp³-hybridized carbons (Fsp3) is 0.286. The molecule has 0 aliphatic rings. The van der Waals surface area contributed by atoms with Crippen LogP contribution in [0.25, 0.3) is 0 Å². The van der Waals surface area contributed by atoms with Crippen LogP contribution < -0.4 is 11.5 Å². The molecule has 0 unspecified atom stereocenters. The van der Waals surface area contributed by atoms with Gasteiger partial charge in [-0.05, 0) is 11.6 Å². The van der Waals surface area contributed by atoms with Crippen molar-refractivity contribution >= 4 is 24.0 Å². The first-order valence-electron chi connectivity index (χ1n) is 3.31. The summed E-state index contributed by atoms with van der Waals surface area (Å²) >= 11 is 5.58. The highest BCUT2D eigenvalue weighted by atomic mass is 35.5. The van der Waals surface area contributed by atoms with Gasteiger partial charge in [-0.1, -0.05) is 17.7 Å². The number of nitrogens with two attached hydrogens (primary N) is 2. The van der Waals surface area contributed by atoms with E-state index in [2.05, 4.69) is 4.98 Å². The number of rotatable bonds is 2. The van der Waals surface area contributed by atoms with Crippen molar-refractivity contribution in [2.45, 2.75) is 6.04 Å². The highest BCUT2D eigenvalue weighted by Crippen LogP contribution is 2.10. The third kappa shape index (κ3) is 2.95. The summed E-state index contributed by atoms with van der Waals surface area (Å²) < 4.78 is 0. The van der Waals surface area contributed by atoms with E-state index in [0.29, 0.717) is 11.7 Å². The molecule has 0 aromatic carbocycles. The molecule has 1 aromatic heterocycles. The van der Waals surface area contributed by atoms with Crippen LogP contribution in [0, 0.1) is 0 Å². The van der Waals surface area contributed by atoms with Crippen molar-refractivity contribution in [2.75, 3.05) is 6.54 Å². The molecule has 4 N–H and O–H groups in total. The lowest BCUT2D eigenvalue weighted by Crippen LogP contribution is -2.20. The van der Waals surface area contributed by atoms with Crippen molar-refractivity contribution in [1.29, 1.82) is 0 Å². The van der Waals surface area contributed by atoms with Crippen molar-refractivity contribution in [3.63, 3.8) is 0 Å². The van der Waals surface area contributed by atoms with Crippen LogP contribution in [0.5, 0.6) is 0 Å². The summed E-state index contributed by atoms with van der Waals surface area (Å²) in [6.07, 6.45) is 1.64. The molecule has 0 saturated carbocycles. The topological polar surface area (TPSA) is 64.9 Å². The van der Waals surface area contributed by atoms with Crippen LogP contribution in [0.3, 0.4) is 0 Å².